The largest absolute Gasteiger partial charge is 0.311 e. The molecule has 0 aromatic carbocycles. The lowest BCUT2D eigenvalue weighted by molar-refractivity contribution is 0.515. The maximum atomic E-state index is 4.77. The molecule has 1 fully saturated rings. The van der Waals surface area contributed by atoms with Gasteiger partial charge in [0.1, 0.15) is 5.01 Å². The van der Waals surface area contributed by atoms with Gasteiger partial charge in [0, 0.05) is 10.8 Å². The van der Waals surface area contributed by atoms with Crippen molar-refractivity contribution in [3.05, 3.63) is 16.1 Å². The lowest BCUT2D eigenvalue weighted by atomic mass is 9.93. The molecule has 0 radical (unpaired) electrons. The van der Waals surface area contributed by atoms with E-state index in [0.717, 1.165) is 5.92 Å². The summed E-state index contributed by atoms with van der Waals surface area (Å²) in [6, 6.07) is 0.492. The second-order valence-electron chi connectivity index (χ2n) is 5.42. The molecule has 0 amide bonds. The Morgan fingerprint density at radius 2 is 2.13 bits per heavy atom. The fourth-order valence-corrected chi connectivity index (χ4v) is 3.01. The smallest absolute Gasteiger partial charge is 0.110 e. The van der Waals surface area contributed by atoms with E-state index in [9.17, 15) is 0 Å². The van der Waals surface area contributed by atoms with E-state index < -0.39 is 0 Å². The van der Waals surface area contributed by atoms with E-state index in [4.69, 9.17) is 4.98 Å². The first-order valence-electron chi connectivity index (χ1n) is 5.65. The molecule has 15 heavy (non-hydrogen) atoms. The number of nitrogens with zero attached hydrogens (tertiary/aromatic N) is 1. The van der Waals surface area contributed by atoms with Crippen LogP contribution >= 0.6 is 11.3 Å². The van der Waals surface area contributed by atoms with E-state index in [1.54, 1.807) is 11.3 Å². The zero-order valence-electron chi connectivity index (χ0n) is 10.0. The number of rotatable bonds is 3. The Kier molecular flexibility index (Phi) is 2.86. The van der Waals surface area contributed by atoms with Crippen molar-refractivity contribution in [3.8, 4) is 0 Å². The highest BCUT2D eigenvalue weighted by Crippen LogP contribution is 2.42. The molecule has 1 N–H and O–H groups in total. The Morgan fingerprint density at radius 3 is 2.53 bits per heavy atom. The molecule has 3 heteroatoms. The number of aromatic nitrogens is 1. The minimum absolute atomic E-state index is 0.177. The van der Waals surface area contributed by atoms with Crippen LogP contribution in [0.25, 0.3) is 0 Å². The van der Waals surface area contributed by atoms with Crippen molar-refractivity contribution in [2.24, 2.45) is 5.92 Å². The van der Waals surface area contributed by atoms with Crippen LogP contribution < -0.4 is 5.32 Å². The van der Waals surface area contributed by atoms with Gasteiger partial charge in [-0.05, 0) is 25.8 Å². The topological polar surface area (TPSA) is 24.9 Å². The lowest BCUT2D eigenvalue weighted by Gasteiger charge is -2.15. The first-order valence-corrected chi connectivity index (χ1v) is 6.53. The third kappa shape index (κ3) is 2.40. The molecule has 2 nitrogen and oxygen atoms in total. The summed E-state index contributed by atoms with van der Waals surface area (Å²) < 4.78 is 0. The molecule has 0 saturated heterocycles. The van der Waals surface area contributed by atoms with E-state index in [2.05, 4.69) is 31.5 Å². The van der Waals surface area contributed by atoms with Gasteiger partial charge in [-0.25, -0.2) is 4.98 Å². The van der Waals surface area contributed by atoms with E-state index in [0.29, 0.717) is 6.04 Å². The number of hydrogen-bond donors (Lipinski definition) is 1. The summed E-state index contributed by atoms with van der Waals surface area (Å²) in [7, 11) is 2.04. The monoisotopic (exact) mass is 224 g/mol. The third-order valence-corrected chi connectivity index (χ3v) is 3.89. The highest BCUT2D eigenvalue weighted by Gasteiger charge is 2.33. The molecule has 1 aromatic heterocycles. The molecular formula is C12H20N2S. The molecule has 2 rings (SSSR count). The Labute approximate surface area is 96.1 Å². The maximum Gasteiger partial charge on any atom is 0.110 e. The molecule has 0 aliphatic heterocycles. The molecule has 1 unspecified atom stereocenters. The van der Waals surface area contributed by atoms with Crippen LogP contribution in [-0.2, 0) is 5.41 Å². The van der Waals surface area contributed by atoms with Crippen LogP contribution in [0.4, 0.5) is 0 Å². The molecule has 1 saturated carbocycles. The van der Waals surface area contributed by atoms with E-state index in [1.165, 1.54) is 23.5 Å². The van der Waals surface area contributed by atoms with Crippen molar-refractivity contribution in [1.29, 1.82) is 0 Å². The van der Waals surface area contributed by atoms with Crippen molar-refractivity contribution in [3.63, 3.8) is 0 Å². The third-order valence-electron chi connectivity index (χ3n) is 2.96. The quantitative estimate of drug-likeness (QED) is 0.853. The summed E-state index contributed by atoms with van der Waals surface area (Å²) in [4.78, 5) is 4.77. The zero-order valence-corrected chi connectivity index (χ0v) is 10.8. The summed E-state index contributed by atoms with van der Waals surface area (Å²) in [5.41, 5.74) is 1.40. The van der Waals surface area contributed by atoms with Gasteiger partial charge in [-0.3, -0.25) is 0 Å². The molecule has 84 valence electrons. The normalized spacial score (nSPS) is 19.2. The minimum atomic E-state index is 0.177. The first kappa shape index (κ1) is 11.1. The van der Waals surface area contributed by atoms with Crippen LogP contribution in [-0.4, -0.2) is 12.0 Å². The van der Waals surface area contributed by atoms with Gasteiger partial charge in [-0.1, -0.05) is 20.8 Å². The molecule has 1 aliphatic carbocycles. The predicted octanol–water partition coefficient (Wildman–Crippen LogP) is 3.11. The Morgan fingerprint density at radius 1 is 1.47 bits per heavy atom. The average Bonchev–Trinajstić information content (AvgIpc) is 2.82. The summed E-state index contributed by atoms with van der Waals surface area (Å²) in [5.74, 6) is 0.828. The maximum absolute atomic E-state index is 4.77. The molecule has 1 atom stereocenters. The van der Waals surface area contributed by atoms with Crippen molar-refractivity contribution < 1.29 is 0 Å². The average molecular weight is 224 g/mol. The second-order valence-corrected chi connectivity index (χ2v) is 6.31. The summed E-state index contributed by atoms with van der Waals surface area (Å²) in [6.07, 6.45) is 2.71. The predicted molar refractivity (Wildman–Crippen MR) is 65.3 cm³/mol. The number of thiazole rings is 1. The van der Waals surface area contributed by atoms with Crippen molar-refractivity contribution in [2.45, 2.75) is 45.1 Å². The summed E-state index contributed by atoms with van der Waals surface area (Å²) in [5, 5.41) is 6.87. The lowest BCUT2D eigenvalue weighted by Crippen LogP contribution is -2.19. The SMILES string of the molecule is CNC(c1nc(C(C)(C)C)cs1)C1CC1. The van der Waals surface area contributed by atoms with Crippen LogP contribution in [0.15, 0.2) is 5.38 Å². The Hall–Kier alpha value is -0.410. The molecule has 1 heterocycles. The summed E-state index contributed by atoms with van der Waals surface area (Å²) >= 11 is 1.80. The van der Waals surface area contributed by atoms with Gasteiger partial charge in [0.05, 0.1) is 11.7 Å². The van der Waals surface area contributed by atoms with Gasteiger partial charge in [-0.15, -0.1) is 11.3 Å². The van der Waals surface area contributed by atoms with Crippen molar-refractivity contribution in [2.75, 3.05) is 7.05 Å². The van der Waals surface area contributed by atoms with Crippen molar-refractivity contribution >= 4 is 11.3 Å². The van der Waals surface area contributed by atoms with Gasteiger partial charge < -0.3 is 5.32 Å². The van der Waals surface area contributed by atoms with Gasteiger partial charge >= 0.3 is 0 Å². The Balaban J connectivity index is 2.18. The standard InChI is InChI=1S/C12H20N2S/c1-12(2,3)9-7-15-11(14-9)10(13-4)8-5-6-8/h7-8,10,13H,5-6H2,1-4H3. The highest BCUT2D eigenvalue weighted by atomic mass is 32.1. The van der Waals surface area contributed by atoms with E-state index >= 15 is 0 Å². The molecule has 1 aliphatic rings. The summed E-state index contributed by atoms with van der Waals surface area (Å²) in [6.45, 7) is 6.66. The van der Waals surface area contributed by atoms with Crippen LogP contribution in [0.1, 0.15) is 50.4 Å². The van der Waals surface area contributed by atoms with Gasteiger partial charge in [0.2, 0.25) is 0 Å². The van der Waals surface area contributed by atoms with Crippen LogP contribution in [0.3, 0.4) is 0 Å². The van der Waals surface area contributed by atoms with Crippen LogP contribution in [0, 0.1) is 5.92 Å². The van der Waals surface area contributed by atoms with Crippen LogP contribution in [0.2, 0.25) is 0 Å². The van der Waals surface area contributed by atoms with Crippen LogP contribution in [0.5, 0.6) is 0 Å². The zero-order chi connectivity index (χ0) is 11.1. The van der Waals surface area contributed by atoms with Gasteiger partial charge in [-0.2, -0.15) is 0 Å². The number of hydrogen-bond acceptors (Lipinski definition) is 3. The van der Waals surface area contributed by atoms with Crippen molar-refractivity contribution in [1.82, 2.24) is 10.3 Å². The van der Waals surface area contributed by atoms with Gasteiger partial charge in [0.25, 0.3) is 0 Å². The number of nitrogens with one attached hydrogen (secondary N) is 1. The second kappa shape index (κ2) is 3.87. The Bertz CT molecular complexity index is 334. The van der Waals surface area contributed by atoms with Gasteiger partial charge in [0.15, 0.2) is 0 Å². The fraction of sp³-hybridized carbons (Fsp3) is 0.750. The fourth-order valence-electron chi connectivity index (χ4n) is 1.77. The molecular weight excluding hydrogens is 204 g/mol. The molecule has 0 bridgehead atoms. The first-order chi connectivity index (χ1) is 7.02. The molecule has 0 spiro atoms. The highest BCUT2D eigenvalue weighted by molar-refractivity contribution is 7.09. The molecule has 1 aromatic rings. The van der Waals surface area contributed by atoms with E-state index in [-0.39, 0.29) is 5.41 Å². The van der Waals surface area contributed by atoms with E-state index in [1.807, 2.05) is 7.05 Å². The minimum Gasteiger partial charge on any atom is -0.311 e.